The Labute approximate surface area is 143 Å². The van der Waals surface area contributed by atoms with Gasteiger partial charge in [0.15, 0.2) is 0 Å². The summed E-state index contributed by atoms with van der Waals surface area (Å²) >= 11 is 1.66. The molecule has 2 fully saturated rings. The van der Waals surface area contributed by atoms with E-state index in [9.17, 15) is 9.59 Å². The molecule has 2 amide bonds. The third kappa shape index (κ3) is 5.03. The van der Waals surface area contributed by atoms with Gasteiger partial charge in [-0.05, 0) is 31.8 Å². The molecule has 0 aromatic rings. The Balaban J connectivity index is 0.00000242. The number of amides is 2. The zero-order valence-corrected chi connectivity index (χ0v) is 15.3. The number of carbonyl (C=O) groups excluding carboxylic acids is 2. The summed E-state index contributed by atoms with van der Waals surface area (Å²) in [5, 5.41) is 6.35. The van der Waals surface area contributed by atoms with Crippen LogP contribution < -0.4 is 10.6 Å². The summed E-state index contributed by atoms with van der Waals surface area (Å²) in [7, 11) is 0. The molecule has 0 aromatic carbocycles. The van der Waals surface area contributed by atoms with Gasteiger partial charge in [0.25, 0.3) is 0 Å². The molecular formula is C15H28ClN3O2S. The van der Waals surface area contributed by atoms with Crippen molar-refractivity contribution < 1.29 is 9.59 Å². The Bertz CT molecular complexity index is 395. The number of halogens is 1. The van der Waals surface area contributed by atoms with Crippen molar-refractivity contribution in [1.29, 1.82) is 0 Å². The van der Waals surface area contributed by atoms with Gasteiger partial charge in [0, 0.05) is 17.7 Å². The van der Waals surface area contributed by atoms with Gasteiger partial charge < -0.3 is 15.5 Å². The van der Waals surface area contributed by atoms with Crippen molar-refractivity contribution in [2.24, 2.45) is 11.3 Å². The van der Waals surface area contributed by atoms with E-state index < -0.39 is 5.41 Å². The highest BCUT2D eigenvalue weighted by Crippen LogP contribution is 2.27. The van der Waals surface area contributed by atoms with Crippen molar-refractivity contribution in [1.82, 2.24) is 15.5 Å². The van der Waals surface area contributed by atoms with Gasteiger partial charge in [0.2, 0.25) is 11.8 Å². The lowest BCUT2D eigenvalue weighted by molar-refractivity contribution is -0.144. The smallest absolute Gasteiger partial charge is 0.243 e. The van der Waals surface area contributed by atoms with Crippen LogP contribution in [0.2, 0.25) is 0 Å². The third-order valence-corrected chi connectivity index (χ3v) is 5.11. The van der Waals surface area contributed by atoms with E-state index in [0.717, 1.165) is 19.5 Å². The summed E-state index contributed by atoms with van der Waals surface area (Å²) in [5.74, 6) is 2.08. The number of hydrogen-bond donors (Lipinski definition) is 2. The molecule has 2 atom stereocenters. The lowest BCUT2D eigenvalue weighted by Crippen LogP contribution is -2.50. The number of carbonyl (C=O) groups is 2. The number of thioether (sulfide) groups is 1. The predicted octanol–water partition coefficient (Wildman–Crippen LogP) is 1.47. The molecule has 0 spiro atoms. The molecule has 0 aliphatic carbocycles. The van der Waals surface area contributed by atoms with Gasteiger partial charge in [-0.15, -0.1) is 24.2 Å². The van der Waals surface area contributed by atoms with Crippen LogP contribution in [0.5, 0.6) is 0 Å². The molecule has 0 saturated carbocycles. The van der Waals surface area contributed by atoms with Gasteiger partial charge in [0.1, 0.15) is 6.04 Å². The van der Waals surface area contributed by atoms with Gasteiger partial charge in [-0.1, -0.05) is 20.8 Å². The summed E-state index contributed by atoms with van der Waals surface area (Å²) in [6, 6.07) is -0.302. The minimum absolute atomic E-state index is 0. The maximum absolute atomic E-state index is 12.4. The van der Waals surface area contributed by atoms with Crippen LogP contribution in [-0.2, 0) is 9.59 Å². The monoisotopic (exact) mass is 349 g/mol. The number of nitrogens with one attached hydrogen (secondary N) is 2. The molecule has 128 valence electrons. The maximum atomic E-state index is 12.4. The fourth-order valence-corrected chi connectivity index (χ4v) is 3.92. The topological polar surface area (TPSA) is 61.4 Å². The zero-order chi connectivity index (χ0) is 15.5. The first-order chi connectivity index (χ1) is 9.89. The van der Waals surface area contributed by atoms with Crippen molar-refractivity contribution in [2.75, 3.05) is 31.3 Å². The van der Waals surface area contributed by atoms with Crippen LogP contribution in [0, 0.1) is 11.3 Å². The Kier molecular flexibility index (Phi) is 7.49. The maximum Gasteiger partial charge on any atom is 0.243 e. The number of hydrogen-bond acceptors (Lipinski definition) is 4. The van der Waals surface area contributed by atoms with Crippen LogP contribution in [0.1, 0.15) is 33.6 Å². The van der Waals surface area contributed by atoms with E-state index in [-0.39, 0.29) is 30.3 Å². The van der Waals surface area contributed by atoms with Gasteiger partial charge in [-0.3, -0.25) is 9.59 Å². The van der Waals surface area contributed by atoms with Crippen molar-refractivity contribution in [3.63, 3.8) is 0 Å². The molecule has 2 N–H and O–H groups in total. The normalized spacial score (nSPS) is 25.0. The van der Waals surface area contributed by atoms with Crippen LogP contribution in [0.15, 0.2) is 0 Å². The van der Waals surface area contributed by atoms with Gasteiger partial charge in [0.05, 0.1) is 5.88 Å². The van der Waals surface area contributed by atoms with Crippen molar-refractivity contribution in [3.8, 4) is 0 Å². The van der Waals surface area contributed by atoms with E-state index >= 15 is 0 Å². The number of nitrogens with zero attached hydrogens (tertiary/aromatic N) is 1. The van der Waals surface area contributed by atoms with Gasteiger partial charge >= 0.3 is 0 Å². The fraction of sp³-hybridized carbons (Fsp3) is 0.867. The molecule has 7 heteroatoms. The second-order valence-electron chi connectivity index (χ2n) is 6.98. The van der Waals surface area contributed by atoms with E-state index in [0.29, 0.717) is 24.1 Å². The van der Waals surface area contributed by atoms with Crippen LogP contribution in [-0.4, -0.2) is 54.0 Å². The van der Waals surface area contributed by atoms with Gasteiger partial charge in [-0.25, -0.2) is 0 Å². The van der Waals surface area contributed by atoms with Crippen LogP contribution in [0.4, 0.5) is 0 Å². The summed E-state index contributed by atoms with van der Waals surface area (Å²) < 4.78 is 0. The molecule has 2 saturated heterocycles. The molecule has 5 nitrogen and oxygen atoms in total. The van der Waals surface area contributed by atoms with Crippen LogP contribution in [0.3, 0.4) is 0 Å². The largest absolute Gasteiger partial charge is 0.354 e. The quantitative estimate of drug-likeness (QED) is 0.807. The van der Waals surface area contributed by atoms with Crippen molar-refractivity contribution in [2.45, 2.75) is 39.7 Å². The molecule has 2 aliphatic heterocycles. The van der Waals surface area contributed by atoms with E-state index in [1.54, 1.807) is 16.7 Å². The molecule has 2 rings (SSSR count). The highest BCUT2D eigenvalue weighted by molar-refractivity contribution is 7.99. The van der Waals surface area contributed by atoms with Crippen molar-refractivity contribution in [3.05, 3.63) is 0 Å². The zero-order valence-electron chi connectivity index (χ0n) is 13.7. The highest BCUT2D eigenvalue weighted by atomic mass is 35.5. The molecule has 0 radical (unpaired) electrons. The first kappa shape index (κ1) is 19.6. The minimum Gasteiger partial charge on any atom is -0.354 e. The predicted molar refractivity (Wildman–Crippen MR) is 93.3 cm³/mol. The standard InChI is InChI=1S/C15H27N3O2S.ClH/c1-15(2,3)14(20)18-10-21-9-12(18)13(19)17-7-5-11-4-6-16-8-11;/h11-12,16H,4-10H2,1-3H3,(H,17,19);1H. The molecule has 2 unspecified atom stereocenters. The van der Waals surface area contributed by atoms with Crippen LogP contribution >= 0.6 is 24.2 Å². The van der Waals surface area contributed by atoms with E-state index in [4.69, 9.17) is 0 Å². The first-order valence-corrected chi connectivity index (χ1v) is 8.92. The minimum atomic E-state index is -0.432. The average molecular weight is 350 g/mol. The first-order valence-electron chi connectivity index (χ1n) is 7.77. The molecular weight excluding hydrogens is 322 g/mol. The summed E-state index contributed by atoms with van der Waals surface area (Å²) in [5.41, 5.74) is -0.432. The SMILES string of the molecule is CC(C)(C)C(=O)N1CSCC1C(=O)NCCC1CCNC1.Cl. The molecule has 2 heterocycles. The highest BCUT2D eigenvalue weighted by Gasteiger charge is 2.38. The molecule has 2 aliphatic rings. The second-order valence-corrected chi connectivity index (χ2v) is 7.98. The molecule has 0 bridgehead atoms. The number of rotatable bonds is 4. The van der Waals surface area contributed by atoms with Crippen molar-refractivity contribution >= 4 is 36.0 Å². The Hall–Kier alpha value is -0.460. The Morgan fingerprint density at radius 3 is 2.68 bits per heavy atom. The second kappa shape index (κ2) is 8.41. The van der Waals surface area contributed by atoms with E-state index in [2.05, 4.69) is 10.6 Å². The van der Waals surface area contributed by atoms with E-state index in [1.165, 1.54) is 6.42 Å². The lowest BCUT2D eigenvalue weighted by Gasteiger charge is -2.29. The average Bonchev–Trinajstić information content (AvgIpc) is 3.07. The Morgan fingerprint density at radius 2 is 2.09 bits per heavy atom. The third-order valence-electron chi connectivity index (χ3n) is 4.10. The van der Waals surface area contributed by atoms with Crippen LogP contribution in [0.25, 0.3) is 0 Å². The fourth-order valence-electron chi connectivity index (χ4n) is 2.77. The van der Waals surface area contributed by atoms with Gasteiger partial charge in [-0.2, -0.15) is 0 Å². The Morgan fingerprint density at radius 1 is 1.36 bits per heavy atom. The molecule has 0 aromatic heterocycles. The summed E-state index contributed by atoms with van der Waals surface area (Å²) in [4.78, 5) is 26.4. The summed E-state index contributed by atoms with van der Waals surface area (Å²) in [6.45, 7) is 8.57. The lowest BCUT2D eigenvalue weighted by atomic mass is 9.94. The summed E-state index contributed by atoms with van der Waals surface area (Å²) in [6.07, 6.45) is 2.22. The van der Waals surface area contributed by atoms with E-state index in [1.807, 2.05) is 20.8 Å². The molecule has 22 heavy (non-hydrogen) atoms.